The number of hydrogen-bond donors (Lipinski definition) is 2. The molecule has 0 aliphatic heterocycles. The van der Waals surface area contributed by atoms with Crippen LogP contribution >= 0.6 is 0 Å². The monoisotopic (exact) mass is 275 g/mol. The Hall–Kier alpha value is -0.860. The second kappa shape index (κ2) is 7.80. The third-order valence-electron chi connectivity index (χ3n) is 4.73. The summed E-state index contributed by atoms with van der Waals surface area (Å²) >= 11 is 0. The minimum absolute atomic E-state index is 0.156. The van der Waals surface area contributed by atoms with Gasteiger partial charge in [-0.15, -0.1) is 0 Å². The largest absolute Gasteiger partial charge is 0.394 e. The summed E-state index contributed by atoms with van der Waals surface area (Å²) in [7, 11) is 0. The molecule has 2 nitrogen and oxygen atoms in total. The lowest BCUT2D eigenvalue weighted by Gasteiger charge is -2.36. The van der Waals surface area contributed by atoms with Crippen molar-refractivity contribution in [2.75, 3.05) is 6.61 Å². The molecule has 2 heteroatoms. The third kappa shape index (κ3) is 4.32. The van der Waals surface area contributed by atoms with Crippen LogP contribution < -0.4 is 5.32 Å². The first-order valence-corrected chi connectivity index (χ1v) is 8.20. The standard InChI is InChI=1S/C18H29NO/c1-2-18(15-20,14-16-10-6-5-7-11-16)19-17-12-8-3-4-9-13-17/h5-7,10-11,17,19-20H,2-4,8-9,12-15H2,1H3. The Morgan fingerprint density at radius 2 is 1.75 bits per heavy atom. The zero-order chi connectivity index (χ0) is 14.3. The number of rotatable bonds is 6. The number of nitrogens with one attached hydrogen (secondary N) is 1. The van der Waals surface area contributed by atoms with Crippen LogP contribution in [0.1, 0.15) is 57.4 Å². The predicted octanol–water partition coefficient (Wildman–Crippen LogP) is 3.68. The molecule has 1 atom stereocenters. The van der Waals surface area contributed by atoms with Gasteiger partial charge in [0.1, 0.15) is 0 Å². The van der Waals surface area contributed by atoms with E-state index in [4.69, 9.17) is 0 Å². The van der Waals surface area contributed by atoms with Crippen molar-refractivity contribution in [1.82, 2.24) is 5.32 Å². The molecule has 0 bridgehead atoms. The van der Waals surface area contributed by atoms with Crippen LogP contribution in [0.15, 0.2) is 30.3 Å². The number of aliphatic hydroxyl groups is 1. The van der Waals surface area contributed by atoms with Crippen molar-refractivity contribution in [3.8, 4) is 0 Å². The fourth-order valence-corrected chi connectivity index (χ4v) is 3.33. The average Bonchev–Trinajstić information content (AvgIpc) is 2.76. The average molecular weight is 275 g/mol. The van der Waals surface area contributed by atoms with E-state index in [9.17, 15) is 5.11 Å². The minimum Gasteiger partial charge on any atom is -0.394 e. The molecule has 0 radical (unpaired) electrons. The minimum atomic E-state index is -0.156. The van der Waals surface area contributed by atoms with Gasteiger partial charge in [-0.05, 0) is 31.2 Å². The van der Waals surface area contributed by atoms with Gasteiger partial charge < -0.3 is 10.4 Å². The van der Waals surface area contributed by atoms with Gasteiger partial charge in [-0.25, -0.2) is 0 Å². The van der Waals surface area contributed by atoms with Crippen LogP contribution in [0.25, 0.3) is 0 Å². The van der Waals surface area contributed by atoms with Crippen molar-refractivity contribution in [2.45, 2.75) is 69.9 Å². The summed E-state index contributed by atoms with van der Waals surface area (Å²) < 4.78 is 0. The van der Waals surface area contributed by atoms with Gasteiger partial charge in [-0.3, -0.25) is 0 Å². The molecule has 1 saturated carbocycles. The topological polar surface area (TPSA) is 32.3 Å². The van der Waals surface area contributed by atoms with E-state index in [1.165, 1.54) is 44.1 Å². The molecule has 0 heterocycles. The molecule has 1 aromatic rings. The summed E-state index contributed by atoms with van der Waals surface area (Å²) in [6.45, 7) is 2.40. The lowest BCUT2D eigenvalue weighted by Crippen LogP contribution is -2.54. The van der Waals surface area contributed by atoms with Gasteiger partial charge in [0.2, 0.25) is 0 Å². The second-order valence-electron chi connectivity index (χ2n) is 6.29. The summed E-state index contributed by atoms with van der Waals surface area (Å²) in [5, 5.41) is 13.8. The predicted molar refractivity (Wildman–Crippen MR) is 84.9 cm³/mol. The SMILES string of the molecule is CCC(CO)(Cc1ccccc1)NC1CCCCCC1. The molecule has 2 N–H and O–H groups in total. The number of hydrogen-bond acceptors (Lipinski definition) is 2. The maximum absolute atomic E-state index is 9.98. The van der Waals surface area contributed by atoms with Crippen molar-refractivity contribution >= 4 is 0 Å². The molecule has 1 aromatic carbocycles. The van der Waals surface area contributed by atoms with Gasteiger partial charge in [0.25, 0.3) is 0 Å². The smallest absolute Gasteiger partial charge is 0.0616 e. The van der Waals surface area contributed by atoms with Gasteiger partial charge in [0.05, 0.1) is 6.61 Å². The van der Waals surface area contributed by atoms with Gasteiger partial charge in [-0.1, -0.05) is 62.9 Å². The quantitative estimate of drug-likeness (QED) is 0.776. The Labute approximate surface area is 123 Å². The van der Waals surface area contributed by atoms with E-state index < -0.39 is 0 Å². The molecule has 0 spiro atoms. The molecule has 2 rings (SSSR count). The molecule has 112 valence electrons. The van der Waals surface area contributed by atoms with E-state index in [0.717, 1.165) is 12.8 Å². The van der Waals surface area contributed by atoms with Crippen LogP contribution in [0.3, 0.4) is 0 Å². The summed E-state index contributed by atoms with van der Waals surface area (Å²) in [5.41, 5.74) is 1.15. The van der Waals surface area contributed by atoms with Crippen molar-refractivity contribution in [3.05, 3.63) is 35.9 Å². The van der Waals surface area contributed by atoms with Crippen LogP contribution in [0.2, 0.25) is 0 Å². The van der Waals surface area contributed by atoms with Crippen LogP contribution in [-0.4, -0.2) is 23.3 Å². The molecule has 1 fully saturated rings. The summed E-state index contributed by atoms with van der Waals surface area (Å²) in [4.78, 5) is 0. The Balaban J connectivity index is 2.03. The fourth-order valence-electron chi connectivity index (χ4n) is 3.33. The maximum atomic E-state index is 9.98. The van der Waals surface area contributed by atoms with Crippen molar-refractivity contribution in [1.29, 1.82) is 0 Å². The Morgan fingerprint density at radius 1 is 1.10 bits per heavy atom. The first-order valence-electron chi connectivity index (χ1n) is 8.20. The van der Waals surface area contributed by atoms with Crippen LogP contribution in [0.4, 0.5) is 0 Å². The zero-order valence-electron chi connectivity index (χ0n) is 12.8. The summed E-state index contributed by atoms with van der Waals surface area (Å²) in [5.74, 6) is 0. The van der Waals surface area contributed by atoms with Gasteiger partial charge in [0.15, 0.2) is 0 Å². The van der Waals surface area contributed by atoms with Crippen molar-refractivity contribution < 1.29 is 5.11 Å². The lowest BCUT2D eigenvalue weighted by molar-refractivity contribution is 0.137. The molecular weight excluding hydrogens is 246 g/mol. The Kier molecular flexibility index (Phi) is 6.06. The van der Waals surface area contributed by atoms with E-state index in [-0.39, 0.29) is 12.1 Å². The van der Waals surface area contributed by atoms with Crippen molar-refractivity contribution in [2.24, 2.45) is 0 Å². The molecular formula is C18H29NO. The number of benzene rings is 1. The summed E-state index contributed by atoms with van der Waals surface area (Å²) in [6, 6.07) is 11.1. The molecule has 0 amide bonds. The Morgan fingerprint density at radius 3 is 2.30 bits per heavy atom. The number of aliphatic hydroxyl groups excluding tert-OH is 1. The molecule has 0 saturated heterocycles. The molecule has 1 unspecified atom stereocenters. The summed E-state index contributed by atoms with van der Waals surface area (Å²) in [6.07, 6.45) is 9.80. The third-order valence-corrected chi connectivity index (χ3v) is 4.73. The molecule has 20 heavy (non-hydrogen) atoms. The van der Waals surface area contributed by atoms with E-state index in [1.54, 1.807) is 0 Å². The van der Waals surface area contributed by atoms with Gasteiger partial charge in [0, 0.05) is 11.6 Å². The van der Waals surface area contributed by atoms with Crippen LogP contribution in [0.5, 0.6) is 0 Å². The van der Waals surface area contributed by atoms with Crippen LogP contribution in [-0.2, 0) is 6.42 Å². The highest BCUT2D eigenvalue weighted by Gasteiger charge is 2.30. The van der Waals surface area contributed by atoms with E-state index in [2.05, 4.69) is 42.6 Å². The zero-order valence-corrected chi connectivity index (χ0v) is 12.8. The van der Waals surface area contributed by atoms with Crippen molar-refractivity contribution in [3.63, 3.8) is 0 Å². The second-order valence-corrected chi connectivity index (χ2v) is 6.29. The van der Waals surface area contributed by atoms with E-state index in [0.29, 0.717) is 6.04 Å². The first kappa shape index (κ1) is 15.5. The molecule has 1 aliphatic carbocycles. The highest BCUT2D eigenvalue weighted by molar-refractivity contribution is 5.18. The van der Waals surface area contributed by atoms with Gasteiger partial charge in [-0.2, -0.15) is 0 Å². The normalized spacial score (nSPS) is 20.3. The maximum Gasteiger partial charge on any atom is 0.0616 e. The molecule has 1 aliphatic rings. The lowest BCUT2D eigenvalue weighted by atomic mass is 9.87. The highest BCUT2D eigenvalue weighted by Crippen LogP contribution is 2.23. The fraction of sp³-hybridized carbons (Fsp3) is 0.667. The van der Waals surface area contributed by atoms with Crippen LogP contribution in [0, 0.1) is 0 Å². The van der Waals surface area contributed by atoms with E-state index in [1.807, 2.05) is 0 Å². The Bertz CT molecular complexity index is 364. The van der Waals surface area contributed by atoms with E-state index >= 15 is 0 Å². The molecule has 0 aromatic heterocycles. The highest BCUT2D eigenvalue weighted by atomic mass is 16.3. The first-order chi connectivity index (χ1) is 9.78. The van der Waals surface area contributed by atoms with Gasteiger partial charge >= 0.3 is 0 Å².